The van der Waals surface area contributed by atoms with Crippen molar-refractivity contribution in [1.29, 1.82) is 5.26 Å². The predicted octanol–water partition coefficient (Wildman–Crippen LogP) is 4.08. The molecule has 0 bridgehead atoms. The fourth-order valence-corrected chi connectivity index (χ4v) is 3.12. The highest BCUT2D eigenvalue weighted by Crippen LogP contribution is 2.29. The molecular weight excluding hydrogens is 311 g/mol. The first-order chi connectivity index (χ1) is 9.85. The number of rotatable bonds is 3. The van der Waals surface area contributed by atoms with Crippen LogP contribution < -0.4 is 5.32 Å². The molecule has 1 aromatic carbocycles. The van der Waals surface area contributed by atoms with Gasteiger partial charge in [-0.05, 0) is 43.0 Å². The standard InChI is InChI=1S/C15H12ClFN2OS/c1-15(2,11-4-3-10(17)7-12(11)16)19-14(20)13-9(8-18)5-6-21-13/h3-7H,1-2H3,(H,19,20). The van der Waals surface area contributed by atoms with E-state index in [2.05, 4.69) is 5.32 Å². The third-order valence-electron chi connectivity index (χ3n) is 3.02. The Morgan fingerprint density at radius 1 is 1.43 bits per heavy atom. The number of nitriles is 1. The van der Waals surface area contributed by atoms with Gasteiger partial charge in [0, 0.05) is 5.02 Å². The van der Waals surface area contributed by atoms with Gasteiger partial charge in [0.1, 0.15) is 16.8 Å². The summed E-state index contributed by atoms with van der Waals surface area (Å²) in [5.74, 6) is -0.789. The predicted molar refractivity (Wildman–Crippen MR) is 80.9 cm³/mol. The third kappa shape index (κ3) is 3.23. The largest absolute Gasteiger partial charge is 0.342 e. The van der Waals surface area contributed by atoms with Crippen molar-refractivity contribution in [2.45, 2.75) is 19.4 Å². The van der Waals surface area contributed by atoms with Crippen molar-refractivity contribution in [3.63, 3.8) is 0 Å². The molecule has 0 atom stereocenters. The van der Waals surface area contributed by atoms with Crippen molar-refractivity contribution in [3.05, 3.63) is 56.5 Å². The molecule has 1 N–H and O–H groups in total. The van der Waals surface area contributed by atoms with Crippen molar-refractivity contribution in [3.8, 4) is 6.07 Å². The van der Waals surface area contributed by atoms with Crippen molar-refractivity contribution >= 4 is 28.8 Å². The normalized spacial score (nSPS) is 11.0. The molecule has 1 amide bonds. The van der Waals surface area contributed by atoms with Crippen LogP contribution in [0.25, 0.3) is 0 Å². The van der Waals surface area contributed by atoms with E-state index in [9.17, 15) is 9.18 Å². The maximum atomic E-state index is 13.1. The van der Waals surface area contributed by atoms with Crippen molar-refractivity contribution in [2.75, 3.05) is 0 Å². The van der Waals surface area contributed by atoms with Gasteiger partial charge in [0.2, 0.25) is 0 Å². The first kappa shape index (κ1) is 15.5. The highest BCUT2D eigenvalue weighted by Gasteiger charge is 2.27. The number of carbonyl (C=O) groups excluding carboxylic acids is 1. The van der Waals surface area contributed by atoms with E-state index in [1.54, 1.807) is 25.3 Å². The van der Waals surface area contributed by atoms with Gasteiger partial charge in [-0.1, -0.05) is 17.7 Å². The van der Waals surface area contributed by atoms with E-state index in [1.807, 2.05) is 6.07 Å². The Bertz CT molecular complexity index is 734. The van der Waals surface area contributed by atoms with Gasteiger partial charge in [-0.3, -0.25) is 4.79 Å². The van der Waals surface area contributed by atoms with Gasteiger partial charge in [0.25, 0.3) is 5.91 Å². The number of halogens is 2. The smallest absolute Gasteiger partial charge is 0.263 e. The van der Waals surface area contributed by atoms with Gasteiger partial charge < -0.3 is 5.32 Å². The van der Waals surface area contributed by atoms with Crippen LogP contribution in [-0.4, -0.2) is 5.91 Å². The Kier molecular flexibility index (Phi) is 4.31. The molecule has 0 aliphatic carbocycles. The highest BCUT2D eigenvalue weighted by molar-refractivity contribution is 7.12. The van der Waals surface area contributed by atoms with Crippen LogP contribution in [0.5, 0.6) is 0 Å². The van der Waals surface area contributed by atoms with Crippen molar-refractivity contribution in [1.82, 2.24) is 5.32 Å². The van der Waals surface area contributed by atoms with Gasteiger partial charge in [0.05, 0.1) is 11.1 Å². The molecular formula is C15H12ClFN2OS. The summed E-state index contributed by atoms with van der Waals surface area (Å²) in [5, 5.41) is 13.7. The monoisotopic (exact) mass is 322 g/mol. The van der Waals surface area contributed by atoms with Gasteiger partial charge in [-0.2, -0.15) is 5.26 Å². The minimum atomic E-state index is -0.793. The molecule has 6 heteroatoms. The lowest BCUT2D eigenvalue weighted by atomic mass is 9.94. The quantitative estimate of drug-likeness (QED) is 0.925. The van der Waals surface area contributed by atoms with E-state index in [1.165, 1.54) is 29.5 Å². The topological polar surface area (TPSA) is 52.9 Å². The molecule has 1 aromatic heterocycles. The summed E-state index contributed by atoms with van der Waals surface area (Å²) < 4.78 is 13.1. The van der Waals surface area contributed by atoms with Crippen LogP contribution in [0.1, 0.15) is 34.6 Å². The maximum absolute atomic E-state index is 13.1. The minimum absolute atomic E-state index is 0.243. The summed E-state index contributed by atoms with van der Waals surface area (Å²) in [6.07, 6.45) is 0. The third-order valence-corrected chi connectivity index (χ3v) is 4.25. The number of nitrogens with zero attached hydrogens (tertiary/aromatic N) is 1. The highest BCUT2D eigenvalue weighted by atomic mass is 35.5. The Balaban J connectivity index is 2.29. The van der Waals surface area contributed by atoms with E-state index in [0.29, 0.717) is 16.0 Å². The van der Waals surface area contributed by atoms with Gasteiger partial charge >= 0.3 is 0 Å². The molecule has 0 aliphatic rings. The number of benzene rings is 1. The van der Waals surface area contributed by atoms with Crippen LogP contribution in [0.2, 0.25) is 5.02 Å². The summed E-state index contributed by atoms with van der Waals surface area (Å²) in [6, 6.07) is 7.61. The van der Waals surface area contributed by atoms with Crippen LogP contribution in [0.3, 0.4) is 0 Å². The second-order valence-electron chi connectivity index (χ2n) is 4.98. The second kappa shape index (κ2) is 5.84. The zero-order valence-electron chi connectivity index (χ0n) is 11.4. The molecule has 0 unspecified atom stereocenters. The zero-order chi connectivity index (χ0) is 15.6. The number of thiophene rings is 1. The molecule has 108 valence electrons. The van der Waals surface area contributed by atoms with E-state index in [4.69, 9.17) is 16.9 Å². The molecule has 2 aromatic rings. The lowest BCUT2D eigenvalue weighted by Crippen LogP contribution is -2.41. The molecule has 21 heavy (non-hydrogen) atoms. The van der Waals surface area contributed by atoms with Gasteiger partial charge in [-0.15, -0.1) is 11.3 Å². The lowest BCUT2D eigenvalue weighted by molar-refractivity contribution is 0.0916. The van der Waals surface area contributed by atoms with E-state index < -0.39 is 11.4 Å². The van der Waals surface area contributed by atoms with Crippen molar-refractivity contribution < 1.29 is 9.18 Å². The summed E-state index contributed by atoms with van der Waals surface area (Å²) in [4.78, 5) is 12.6. The Hall–Kier alpha value is -1.90. The van der Waals surface area contributed by atoms with Crippen LogP contribution in [-0.2, 0) is 5.54 Å². The number of hydrogen-bond donors (Lipinski definition) is 1. The summed E-state index contributed by atoms with van der Waals surface area (Å²) in [5.41, 5.74) is 0.144. The average molecular weight is 323 g/mol. The molecule has 0 saturated heterocycles. The first-order valence-electron chi connectivity index (χ1n) is 6.11. The molecule has 0 aliphatic heterocycles. The number of nitrogens with one attached hydrogen (secondary N) is 1. The Morgan fingerprint density at radius 3 is 2.76 bits per heavy atom. The molecule has 2 rings (SSSR count). The zero-order valence-corrected chi connectivity index (χ0v) is 13.0. The lowest BCUT2D eigenvalue weighted by Gasteiger charge is -2.27. The summed E-state index contributed by atoms with van der Waals surface area (Å²) in [7, 11) is 0. The average Bonchev–Trinajstić information content (AvgIpc) is 2.85. The molecule has 0 spiro atoms. The number of hydrogen-bond acceptors (Lipinski definition) is 3. The molecule has 3 nitrogen and oxygen atoms in total. The molecule has 1 heterocycles. The van der Waals surface area contributed by atoms with Gasteiger partial charge in [-0.25, -0.2) is 4.39 Å². The SMILES string of the molecule is CC(C)(NC(=O)c1sccc1C#N)c1ccc(F)cc1Cl. The van der Waals surface area contributed by atoms with Crippen LogP contribution in [0.15, 0.2) is 29.6 Å². The molecule has 0 saturated carbocycles. The molecule has 0 radical (unpaired) electrons. The van der Waals surface area contributed by atoms with Gasteiger partial charge in [0.15, 0.2) is 0 Å². The van der Waals surface area contributed by atoms with E-state index in [0.717, 1.165) is 0 Å². The first-order valence-corrected chi connectivity index (χ1v) is 7.36. The fourth-order valence-electron chi connectivity index (χ4n) is 1.98. The van der Waals surface area contributed by atoms with Crippen LogP contribution >= 0.6 is 22.9 Å². The van der Waals surface area contributed by atoms with Crippen LogP contribution in [0.4, 0.5) is 4.39 Å². The second-order valence-corrected chi connectivity index (χ2v) is 6.30. The fraction of sp³-hybridized carbons (Fsp3) is 0.200. The Morgan fingerprint density at radius 2 is 2.14 bits per heavy atom. The number of amides is 1. The van der Waals surface area contributed by atoms with E-state index >= 15 is 0 Å². The van der Waals surface area contributed by atoms with Crippen LogP contribution in [0, 0.1) is 17.1 Å². The number of carbonyl (C=O) groups is 1. The molecule has 0 fully saturated rings. The Labute approximate surface area is 131 Å². The summed E-state index contributed by atoms with van der Waals surface area (Å²) >= 11 is 7.24. The summed E-state index contributed by atoms with van der Waals surface area (Å²) in [6.45, 7) is 3.54. The minimum Gasteiger partial charge on any atom is -0.342 e. The van der Waals surface area contributed by atoms with Crippen molar-refractivity contribution in [2.24, 2.45) is 0 Å². The van der Waals surface area contributed by atoms with E-state index in [-0.39, 0.29) is 10.9 Å². The maximum Gasteiger partial charge on any atom is 0.263 e.